The number of hydrogen-bond acceptors (Lipinski definition) is 4. The van der Waals surface area contributed by atoms with Crippen molar-refractivity contribution in [2.24, 2.45) is 0 Å². The van der Waals surface area contributed by atoms with Crippen LogP contribution in [0.5, 0.6) is 5.75 Å². The van der Waals surface area contributed by atoms with Crippen molar-refractivity contribution in [1.29, 1.82) is 0 Å². The van der Waals surface area contributed by atoms with Crippen molar-refractivity contribution >= 4 is 0 Å². The molecule has 1 N–H and O–H groups in total. The zero-order valence-electron chi connectivity index (χ0n) is 14.1. The summed E-state index contributed by atoms with van der Waals surface area (Å²) in [6, 6.07) is 6.33. The maximum absolute atomic E-state index is 13.5. The summed E-state index contributed by atoms with van der Waals surface area (Å²) in [6.07, 6.45) is 7.94. The monoisotopic (exact) mass is 335 g/mol. The molecule has 0 radical (unpaired) electrons. The van der Waals surface area contributed by atoms with Crippen molar-refractivity contribution in [3.05, 3.63) is 42.7 Å². The molecule has 0 aliphatic heterocycles. The fourth-order valence-electron chi connectivity index (χ4n) is 2.69. The minimum absolute atomic E-state index is 0.0764. The Kier molecular flexibility index (Phi) is 7.68. The lowest BCUT2D eigenvalue weighted by Gasteiger charge is -2.23. The lowest BCUT2D eigenvalue weighted by Crippen LogP contribution is -2.25. The topological polar surface area (TPSA) is 60.2 Å². The van der Waals surface area contributed by atoms with E-state index in [1.54, 1.807) is 29.2 Å². The van der Waals surface area contributed by atoms with Gasteiger partial charge in [-0.2, -0.15) is 5.10 Å². The molecule has 0 bridgehead atoms. The lowest BCUT2D eigenvalue weighted by molar-refractivity contribution is 0.0877. The number of halogens is 1. The molecule has 5 nitrogen and oxygen atoms in total. The molecule has 0 amide bonds. The van der Waals surface area contributed by atoms with Crippen LogP contribution in [0.1, 0.15) is 51.5 Å². The Morgan fingerprint density at radius 2 is 2.04 bits per heavy atom. The summed E-state index contributed by atoms with van der Waals surface area (Å²) >= 11 is 0. The highest BCUT2D eigenvalue weighted by Crippen LogP contribution is 2.22. The number of aliphatic hydroxyl groups is 1. The first-order valence-corrected chi connectivity index (χ1v) is 8.62. The van der Waals surface area contributed by atoms with Gasteiger partial charge in [0.15, 0.2) is 11.6 Å². The van der Waals surface area contributed by atoms with Crippen LogP contribution in [0.3, 0.4) is 0 Å². The summed E-state index contributed by atoms with van der Waals surface area (Å²) in [5, 5.41) is 14.6. The molecule has 0 saturated heterocycles. The van der Waals surface area contributed by atoms with E-state index in [2.05, 4.69) is 17.0 Å². The van der Waals surface area contributed by atoms with E-state index < -0.39 is 6.10 Å². The van der Waals surface area contributed by atoms with Gasteiger partial charge in [-0.25, -0.2) is 14.1 Å². The SMILES string of the molecule is CCCCC(O)C(CCCCOc1ccccc1F)n1cncn1. The van der Waals surface area contributed by atoms with Crippen LogP contribution in [0, 0.1) is 5.82 Å². The Balaban J connectivity index is 1.77. The van der Waals surface area contributed by atoms with E-state index >= 15 is 0 Å². The number of unbranched alkanes of at least 4 members (excludes halogenated alkanes) is 2. The van der Waals surface area contributed by atoms with Crippen LogP contribution in [0.4, 0.5) is 4.39 Å². The zero-order chi connectivity index (χ0) is 17.2. The van der Waals surface area contributed by atoms with Crippen LogP contribution in [0.25, 0.3) is 0 Å². The first-order valence-electron chi connectivity index (χ1n) is 8.62. The van der Waals surface area contributed by atoms with Gasteiger partial charge >= 0.3 is 0 Å². The third-order valence-corrected chi connectivity index (χ3v) is 4.06. The van der Waals surface area contributed by atoms with E-state index in [4.69, 9.17) is 4.74 Å². The molecule has 1 heterocycles. The van der Waals surface area contributed by atoms with Crippen LogP contribution in [-0.2, 0) is 0 Å². The first kappa shape index (κ1) is 18.4. The molecule has 6 heteroatoms. The molecular formula is C18H26FN3O2. The minimum Gasteiger partial charge on any atom is -0.491 e. The van der Waals surface area contributed by atoms with E-state index in [9.17, 15) is 9.50 Å². The Labute approximate surface area is 142 Å². The van der Waals surface area contributed by atoms with Crippen molar-refractivity contribution in [1.82, 2.24) is 14.8 Å². The Bertz CT molecular complexity index is 577. The number of para-hydroxylation sites is 1. The fourth-order valence-corrected chi connectivity index (χ4v) is 2.69. The Morgan fingerprint density at radius 3 is 2.75 bits per heavy atom. The molecule has 2 atom stereocenters. The van der Waals surface area contributed by atoms with Crippen molar-refractivity contribution < 1.29 is 14.2 Å². The van der Waals surface area contributed by atoms with Crippen LogP contribution >= 0.6 is 0 Å². The molecule has 24 heavy (non-hydrogen) atoms. The van der Waals surface area contributed by atoms with Gasteiger partial charge in [-0.3, -0.25) is 0 Å². The highest BCUT2D eigenvalue weighted by Gasteiger charge is 2.20. The summed E-state index contributed by atoms with van der Waals surface area (Å²) in [5.74, 6) is -0.0544. The van der Waals surface area contributed by atoms with Crippen LogP contribution in [0.15, 0.2) is 36.9 Å². The van der Waals surface area contributed by atoms with Gasteiger partial charge in [0.25, 0.3) is 0 Å². The molecule has 1 aromatic carbocycles. The lowest BCUT2D eigenvalue weighted by atomic mass is 10.00. The van der Waals surface area contributed by atoms with Crippen molar-refractivity contribution in [3.63, 3.8) is 0 Å². The minimum atomic E-state index is -0.431. The molecule has 1 aromatic heterocycles. The third-order valence-electron chi connectivity index (χ3n) is 4.06. The Morgan fingerprint density at radius 1 is 1.21 bits per heavy atom. The first-order chi connectivity index (χ1) is 11.7. The van der Waals surface area contributed by atoms with Crippen LogP contribution < -0.4 is 4.74 Å². The predicted octanol–water partition coefficient (Wildman–Crippen LogP) is 3.76. The second kappa shape index (κ2) is 10.0. The van der Waals surface area contributed by atoms with Gasteiger partial charge in [0.2, 0.25) is 0 Å². The average Bonchev–Trinajstić information content (AvgIpc) is 3.11. The Hall–Kier alpha value is -1.95. The molecule has 2 unspecified atom stereocenters. The zero-order valence-corrected chi connectivity index (χ0v) is 14.1. The number of benzene rings is 1. The van der Waals surface area contributed by atoms with Gasteiger partial charge < -0.3 is 9.84 Å². The average molecular weight is 335 g/mol. The highest BCUT2D eigenvalue weighted by atomic mass is 19.1. The van der Waals surface area contributed by atoms with E-state index in [1.165, 1.54) is 12.4 Å². The molecule has 132 valence electrons. The standard InChI is InChI=1S/C18H26FN3O2/c1-2-3-10-17(23)16(22-14-20-13-21-22)9-6-7-12-24-18-11-5-4-8-15(18)19/h4-5,8,11,13-14,16-17,23H,2-3,6-7,9-10,12H2,1H3. The summed E-state index contributed by atoms with van der Waals surface area (Å²) < 4.78 is 20.7. The van der Waals surface area contributed by atoms with Crippen molar-refractivity contribution in [2.75, 3.05) is 6.61 Å². The van der Waals surface area contributed by atoms with Crippen LogP contribution in [0.2, 0.25) is 0 Å². The van der Waals surface area contributed by atoms with Gasteiger partial charge in [-0.15, -0.1) is 0 Å². The molecule has 0 aliphatic carbocycles. The van der Waals surface area contributed by atoms with Crippen LogP contribution in [-0.4, -0.2) is 32.6 Å². The van der Waals surface area contributed by atoms with E-state index in [0.29, 0.717) is 6.61 Å². The quantitative estimate of drug-likeness (QED) is 0.635. The van der Waals surface area contributed by atoms with E-state index in [0.717, 1.165) is 38.5 Å². The largest absolute Gasteiger partial charge is 0.491 e. The van der Waals surface area contributed by atoms with Crippen molar-refractivity contribution in [2.45, 2.75) is 57.6 Å². The number of aliphatic hydroxyl groups excluding tert-OH is 1. The maximum Gasteiger partial charge on any atom is 0.165 e. The second-order valence-corrected chi connectivity index (χ2v) is 5.93. The molecule has 2 aromatic rings. The number of hydrogen-bond donors (Lipinski definition) is 1. The van der Waals surface area contributed by atoms with Gasteiger partial charge in [0.05, 0.1) is 18.8 Å². The van der Waals surface area contributed by atoms with E-state index in [-0.39, 0.29) is 17.6 Å². The van der Waals surface area contributed by atoms with Gasteiger partial charge in [-0.1, -0.05) is 31.9 Å². The van der Waals surface area contributed by atoms with Gasteiger partial charge in [0.1, 0.15) is 12.7 Å². The molecule has 0 aliphatic rings. The number of ether oxygens (including phenoxy) is 1. The summed E-state index contributed by atoms with van der Waals surface area (Å²) in [5.41, 5.74) is 0. The normalized spacial score (nSPS) is 13.6. The van der Waals surface area contributed by atoms with Gasteiger partial charge in [0, 0.05) is 0 Å². The summed E-state index contributed by atoms with van der Waals surface area (Å²) in [7, 11) is 0. The summed E-state index contributed by atoms with van der Waals surface area (Å²) in [6.45, 7) is 2.56. The maximum atomic E-state index is 13.5. The summed E-state index contributed by atoms with van der Waals surface area (Å²) in [4.78, 5) is 3.97. The molecule has 2 rings (SSSR count). The molecule has 0 fully saturated rings. The highest BCUT2D eigenvalue weighted by molar-refractivity contribution is 5.23. The number of nitrogens with zero attached hydrogens (tertiary/aromatic N) is 3. The third kappa shape index (κ3) is 5.60. The molecular weight excluding hydrogens is 309 g/mol. The fraction of sp³-hybridized carbons (Fsp3) is 0.556. The predicted molar refractivity (Wildman–Crippen MR) is 90.3 cm³/mol. The van der Waals surface area contributed by atoms with Gasteiger partial charge in [-0.05, 0) is 37.8 Å². The molecule has 0 spiro atoms. The second-order valence-electron chi connectivity index (χ2n) is 5.93. The van der Waals surface area contributed by atoms with Crippen molar-refractivity contribution in [3.8, 4) is 5.75 Å². The van der Waals surface area contributed by atoms with E-state index in [1.807, 2.05) is 0 Å². The number of rotatable bonds is 11. The number of aromatic nitrogens is 3. The smallest absolute Gasteiger partial charge is 0.165 e. The molecule has 0 saturated carbocycles.